The van der Waals surface area contributed by atoms with E-state index in [2.05, 4.69) is 31.1 Å². The molecule has 0 fully saturated rings. The van der Waals surface area contributed by atoms with Crippen molar-refractivity contribution in [2.24, 2.45) is 0 Å². The van der Waals surface area contributed by atoms with Gasteiger partial charge in [0.25, 0.3) is 0 Å². The van der Waals surface area contributed by atoms with Crippen LogP contribution in [0, 0.1) is 0 Å². The number of hydrogen-bond donors (Lipinski definition) is 0. The largest absolute Gasteiger partial charge is 0.386 e. The second kappa shape index (κ2) is 5.07. The molecule has 17 heavy (non-hydrogen) atoms. The molecular weight excluding hydrogens is 216 g/mol. The van der Waals surface area contributed by atoms with Gasteiger partial charge in [-0.15, -0.1) is 0 Å². The maximum absolute atomic E-state index is 11.5. The second-order valence-corrected chi connectivity index (χ2v) is 3.27. The Labute approximate surface area is 99.8 Å². The van der Waals surface area contributed by atoms with Crippen LogP contribution in [-0.2, 0) is 14.3 Å². The molecule has 86 valence electrons. The summed E-state index contributed by atoms with van der Waals surface area (Å²) in [7, 11) is 0. The van der Waals surface area contributed by atoms with Crippen molar-refractivity contribution in [3.05, 3.63) is 72.9 Å². The highest BCUT2D eigenvalue weighted by Crippen LogP contribution is 2.28. The van der Waals surface area contributed by atoms with Gasteiger partial charge in [-0.1, -0.05) is 50.6 Å². The number of hydrogen-bond acceptors (Lipinski definition) is 3. The van der Waals surface area contributed by atoms with E-state index < -0.39 is 11.9 Å². The van der Waals surface area contributed by atoms with Gasteiger partial charge in [-0.2, -0.15) is 0 Å². The van der Waals surface area contributed by atoms with Crippen LogP contribution in [0.15, 0.2) is 72.9 Å². The number of carbonyl (C=O) groups excluding carboxylic acids is 2. The molecule has 0 amide bonds. The first-order valence-corrected chi connectivity index (χ1v) is 4.83. The highest BCUT2D eigenvalue weighted by Gasteiger charge is 2.32. The minimum atomic E-state index is -0.719. The number of ether oxygens (including phenoxy) is 1. The standard InChI is InChI=1S/C14H12O3/c1-5-7-8-9(3)10(4)12-11(6-2)13(15)17-14(12)16/h5-8H,1-4H2/b8-7-. The molecule has 1 rings (SSSR count). The number of carbonyl (C=O) groups is 2. The zero-order valence-corrected chi connectivity index (χ0v) is 9.36. The van der Waals surface area contributed by atoms with Crippen LogP contribution in [0.2, 0.25) is 0 Å². The van der Waals surface area contributed by atoms with Gasteiger partial charge in [0.05, 0.1) is 11.1 Å². The fourth-order valence-corrected chi connectivity index (χ4v) is 1.32. The molecule has 0 unspecified atom stereocenters. The number of cyclic esters (lactones) is 2. The predicted molar refractivity (Wildman–Crippen MR) is 65.9 cm³/mol. The number of allylic oxidation sites excluding steroid dienone is 4. The van der Waals surface area contributed by atoms with E-state index in [9.17, 15) is 9.59 Å². The van der Waals surface area contributed by atoms with Crippen molar-refractivity contribution in [3.63, 3.8) is 0 Å². The summed E-state index contributed by atoms with van der Waals surface area (Å²) in [5, 5.41) is 0. The van der Waals surface area contributed by atoms with Crippen molar-refractivity contribution in [1.29, 1.82) is 0 Å². The number of esters is 2. The molecule has 0 aliphatic carbocycles. The first-order chi connectivity index (χ1) is 8.02. The van der Waals surface area contributed by atoms with Gasteiger partial charge in [0.15, 0.2) is 0 Å². The van der Waals surface area contributed by atoms with Gasteiger partial charge in [0.1, 0.15) is 0 Å². The Morgan fingerprint density at radius 3 is 2.29 bits per heavy atom. The topological polar surface area (TPSA) is 43.4 Å². The molecule has 0 aromatic rings. The van der Waals surface area contributed by atoms with Gasteiger partial charge < -0.3 is 4.74 Å². The van der Waals surface area contributed by atoms with Crippen LogP contribution in [0.5, 0.6) is 0 Å². The van der Waals surface area contributed by atoms with Crippen molar-refractivity contribution in [1.82, 2.24) is 0 Å². The van der Waals surface area contributed by atoms with E-state index in [0.717, 1.165) is 0 Å². The molecule has 0 N–H and O–H groups in total. The van der Waals surface area contributed by atoms with Crippen LogP contribution in [-0.4, -0.2) is 11.9 Å². The third-order valence-corrected chi connectivity index (χ3v) is 2.21. The molecule has 3 heteroatoms. The number of rotatable bonds is 5. The lowest BCUT2D eigenvalue weighted by atomic mass is 9.97. The molecule has 0 radical (unpaired) electrons. The van der Waals surface area contributed by atoms with Gasteiger partial charge in [0, 0.05) is 0 Å². The highest BCUT2D eigenvalue weighted by molar-refractivity contribution is 6.16. The normalized spacial score (nSPS) is 15.1. The molecule has 1 heterocycles. The van der Waals surface area contributed by atoms with Crippen molar-refractivity contribution in [3.8, 4) is 0 Å². The molecule has 0 atom stereocenters. The molecule has 3 nitrogen and oxygen atoms in total. The molecule has 0 aromatic heterocycles. The van der Waals surface area contributed by atoms with Crippen LogP contribution in [0.1, 0.15) is 0 Å². The summed E-state index contributed by atoms with van der Waals surface area (Å²) in [5.41, 5.74) is 1.08. The van der Waals surface area contributed by atoms with Gasteiger partial charge in [0.2, 0.25) is 0 Å². The predicted octanol–water partition coefficient (Wildman–Crippen LogP) is 2.41. The summed E-state index contributed by atoms with van der Waals surface area (Å²) < 4.78 is 4.48. The van der Waals surface area contributed by atoms with E-state index in [1.165, 1.54) is 6.08 Å². The lowest BCUT2D eigenvalue weighted by Gasteiger charge is -2.04. The van der Waals surface area contributed by atoms with E-state index in [4.69, 9.17) is 0 Å². The Bertz CT molecular complexity index is 502. The van der Waals surface area contributed by atoms with Crippen molar-refractivity contribution >= 4 is 11.9 Å². The highest BCUT2D eigenvalue weighted by atomic mass is 16.6. The third kappa shape index (κ3) is 2.39. The second-order valence-electron chi connectivity index (χ2n) is 3.27. The summed E-state index contributed by atoms with van der Waals surface area (Å²) in [6.45, 7) is 14.5. The quantitative estimate of drug-likeness (QED) is 0.412. The summed E-state index contributed by atoms with van der Waals surface area (Å²) >= 11 is 0. The van der Waals surface area contributed by atoms with Gasteiger partial charge in [-0.25, -0.2) is 9.59 Å². The molecule has 0 saturated heterocycles. The van der Waals surface area contributed by atoms with Crippen LogP contribution in [0.25, 0.3) is 0 Å². The summed E-state index contributed by atoms with van der Waals surface area (Å²) in [4.78, 5) is 22.8. The lowest BCUT2D eigenvalue weighted by molar-refractivity contribution is -0.150. The first kappa shape index (κ1) is 12.6. The minimum absolute atomic E-state index is 0.115. The average molecular weight is 228 g/mol. The van der Waals surface area contributed by atoms with E-state index >= 15 is 0 Å². The Kier molecular flexibility index (Phi) is 3.78. The third-order valence-electron chi connectivity index (χ3n) is 2.21. The Morgan fingerprint density at radius 2 is 1.76 bits per heavy atom. The lowest BCUT2D eigenvalue weighted by Crippen LogP contribution is -2.03. The molecular formula is C14H12O3. The fraction of sp³-hybridized carbons (Fsp3) is 0. The molecule has 0 aromatic carbocycles. The maximum Gasteiger partial charge on any atom is 0.347 e. The minimum Gasteiger partial charge on any atom is -0.386 e. The van der Waals surface area contributed by atoms with Gasteiger partial charge >= 0.3 is 11.9 Å². The maximum atomic E-state index is 11.5. The zero-order valence-electron chi connectivity index (χ0n) is 9.36. The van der Waals surface area contributed by atoms with Crippen molar-refractivity contribution < 1.29 is 14.3 Å². The van der Waals surface area contributed by atoms with E-state index in [1.807, 2.05) is 0 Å². The van der Waals surface area contributed by atoms with Crippen LogP contribution in [0.4, 0.5) is 0 Å². The molecule has 0 spiro atoms. The molecule has 0 saturated carbocycles. The van der Waals surface area contributed by atoms with E-state index in [1.54, 1.807) is 18.2 Å². The Hall–Kier alpha value is -2.42. The Morgan fingerprint density at radius 1 is 1.12 bits per heavy atom. The molecule has 0 bridgehead atoms. The van der Waals surface area contributed by atoms with Crippen LogP contribution >= 0.6 is 0 Å². The summed E-state index contributed by atoms with van der Waals surface area (Å²) in [6.07, 6.45) is 6.14. The first-order valence-electron chi connectivity index (χ1n) is 4.83. The van der Waals surface area contributed by atoms with Gasteiger partial charge in [-0.3, -0.25) is 0 Å². The molecule has 1 aliphatic rings. The van der Waals surface area contributed by atoms with E-state index in [0.29, 0.717) is 11.1 Å². The average Bonchev–Trinajstić information content (AvgIpc) is 2.59. The van der Waals surface area contributed by atoms with Gasteiger partial charge in [-0.05, 0) is 11.1 Å². The fourth-order valence-electron chi connectivity index (χ4n) is 1.32. The SMILES string of the molecule is C=C/C=C\C(=C)C(=C)C1=C(C=C)C(=O)OC1=O. The monoisotopic (exact) mass is 228 g/mol. The van der Waals surface area contributed by atoms with Crippen molar-refractivity contribution in [2.75, 3.05) is 0 Å². The van der Waals surface area contributed by atoms with Crippen molar-refractivity contribution in [2.45, 2.75) is 0 Å². The summed E-state index contributed by atoms with van der Waals surface area (Å²) in [5.74, 6) is -1.43. The smallest absolute Gasteiger partial charge is 0.347 e. The van der Waals surface area contributed by atoms with Crippen LogP contribution < -0.4 is 0 Å². The summed E-state index contributed by atoms with van der Waals surface area (Å²) in [6, 6.07) is 0. The Balaban J connectivity index is 3.14. The zero-order chi connectivity index (χ0) is 13.0. The van der Waals surface area contributed by atoms with E-state index in [-0.39, 0.29) is 11.1 Å². The molecule has 1 aliphatic heterocycles. The van der Waals surface area contributed by atoms with Crippen LogP contribution in [0.3, 0.4) is 0 Å².